The third-order valence-corrected chi connectivity index (χ3v) is 7.44. The Hall–Kier alpha value is -5.03. The van der Waals surface area contributed by atoms with Gasteiger partial charge in [0.15, 0.2) is 18.3 Å². The average Bonchev–Trinajstić information content (AvgIpc) is 3.05. The summed E-state index contributed by atoms with van der Waals surface area (Å²) < 4.78 is 34.3. The predicted octanol–water partition coefficient (Wildman–Crippen LogP) is 6.08. The number of para-hydroxylation sites is 1. The van der Waals surface area contributed by atoms with Gasteiger partial charge in [0.2, 0.25) is 0 Å². The minimum absolute atomic E-state index is 0.298. The molecule has 48 heavy (non-hydrogen) atoms. The lowest BCUT2D eigenvalue weighted by molar-refractivity contribution is -0.254. The fraction of sp³-hybridized carbons (Fsp3) is 0.378. The second kappa shape index (κ2) is 17.2. The molecule has 0 bridgehead atoms. The summed E-state index contributed by atoms with van der Waals surface area (Å²) >= 11 is 0. The van der Waals surface area contributed by atoms with E-state index in [9.17, 15) is 19.2 Å². The van der Waals surface area contributed by atoms with Crippen molar-refractivity contribution in [1.29, 1.82) is 0 Å². The molecule has 1 saturated heterocycles. The lowest BCUT2D eigenvalue weighted by Gasteiger charge is -2.44. The van der Waals surface area contributed by atoms with E-state index in [2.05, 4.69) is 11.9 Å². The van der Waals surface area contributed by atoms with Crippen LogP contribution in [0.15, 0.2) is 77.8 Å². The molecule has 5 atom stereocenters. The van der Waals surface area contributed by atoms with Crippen LogP contribution in [0, 0.1) is 0 Å². The predicted molar refractivity (Wildman–Crippen MR) is 177 cm³/mol. The van der Waals surface area contributed by atoms with E-state index in [1.165, 1.54) is 27.7 Å². The Kier molecular flexibility index (Phi) is 12.8. The summed E-state index contributed by atoms with van der Waals surface area (Å²) in [7, 11) is 0. The molecule has 11 nitrogen and oxygen atoms in total. The first-order valence-corrected chi connectivity index (χ1v) is 15.8. The second-order valence-electron chi connectivity index (χ2n) is 11.3. The summed E-state index contributed by atoms with van der Waals surface area (Å²) in [5.74, 6) is -1.92. The van der Waals surface area contributed by atoms with E-state index in [1.54, 1.807) is 18.3 Å². The van der Waals surface area contributed by atoms with E-state index in [1.807, 2.05) is 60.7 Å². The van der Waals surface area contributed by atoms with Crippen molar-refractivity contribution in [2.75, 3.05) is 13.2 Å². The largest absolute Gasteiger partial charge is 0.493 e. The van der Waals surface area contributed by atoms with Gasteiger partial charge in [0.25, 0.3) is 0 Å². The maximum absolute atomic E-state index is 12.2. The molecule has 254 valence electrons. The summed E-state index contributed by atoms with van der Waals surface area (Å²) in [6.07, 6.45) is -1.97. The van der Waals surface area contributed by atoms with Crippen LogP contribution >= 0.6 is 0 Å². The Bertz CT molecular complexity index is 1590. The smallest absolute Gasteiger partial charge is 0.303 e. The zero-order valence-corrected chi connectivity index (χ0v) is 27.8. The fourth-order valence-electron chi connectivity index (χ4n) is 5.29. The molecule has 0 aromatic heterocycles. The molecule has 0 spiro atoms. The van der Waals surface area contributed by atoms with Crippen molar-refractivity contribution in [2.24, 2.45) is 4.99 Å². The van der Waals surface area contributed by atoms with Gasteiger partial charge in [0.1, 0.15) is 24.6 Å². The van der Waals surface area contributed by atoms with Crippen molar-refractivity contribution in [3.05, 3.63) is 83.9 Å². The van der Waals surface area contributed by atoms with Crippen molar-refractivity contribution in [2.45, 2.75) is 78.0 Å². The zero-order valence-electron chi connectivity index (χ0n) is 27.8. The molecule has 1 aliphatic rings. The van der Waals surface area contributed by atoms with E-state index in [0.717, 1.165) is 35.2 Å². The van der Waals surface area contributed by atoms with Crippen LogP contribution in [0.5, 0.6) is 5.75 Å². The van der Waals surface area contributed by atoms with Gasteiger partial charge in [-0.3, -0.25) is 24.2 Å². The van der Waals surface area contributed by atoms with E-state index < -0.39 is 54.4 Å². The summed E-state index contributed by atoms with van der Waals surface area (Å²) in [6.45, 7) is 7.18. The monoisotopic (exact) mass is 659 g/mol. The Balaban J connectivity index is 1.68. The van der Waals surface area contributed by atoms with Gasteiger partial charge in [-0.15, -0.1) is 0 Å². The number of aliphatic imine (C=N–C) groups is 1. The first-order valence-electron chi connectivity index (χ1n) is 15.8. The van der Waals surface area contributed by atoms with Crippen molar-refractivity contribution < 1.29 is 47.6 Å². The number of unbranched alkanes of at least 4 members (excludes halogenated alkanes) is 1. The second-order valence-corrected chi connectivity index (χ2v) is 11.3. The van der Waals surface area contributed by atoms with Crippen LogP contribution in [0.3, 0.4) is 0 Å². The van der Waals surface area contributed by atoms with Gasteiger partial charge in [-0.05, 0) is 47.4 Å². The molecule has 0 amide bonds. The van der Waals surface area contributed by atoms with Crippen molar-refractivity contribution in [1.82, 2.24) is 0 Å². The lowest BCUT2D eigenvalue weighted by atomic mass is 9.89. The van der Waals surface area contributed by atoms with Crippen molar-refractivity contribution in [3.63, 3.8) is 0 Å². The molecule has 3 aromatic carbocycles. The molecular weight excluding hydrogens is 618 g/mol. The number of hydrogen-bond acceptors (Lipinski definition) is 11. The Morgan fingerprint density at radius 1 is 0.750 bits per heavy atom. The van der Waals surface area contributed by atoms with E-state index in [-0.39, 0.29) is 6.61 Å². The molecule has 1 heterocycles. The molecular formula is C37H41NO10. The molecule has 3 aromatic rings. The van der Waals surface area contributed by atoms with Crippen molar-refractivity contribution >= 4 is 35.8 Å². The molecule has 1 fully saturated rings. The van der Waals surface area contributed by atoms with Gasteiger partial charge in [-0.1, -0.05) is 61.9 Å². The Morgan fingerprint density at radius 3 is 2.00 bits per heavy atom. The van der Waals surface area contributed by atoms with Crippen LogP contribution in [0.25, 0.3) is 11.1 Å². The van der Waals surface area contributed by atoms with Crippen LogP contribution in [0.1, 0.15) is 64.7 Å². The average molecular weight is 660 g/mol. The summed E-state index contributed by atoms with van der Waals surface area (Å²) in [5.41, 5.74) is 4.02. The normalized spacial score (nSPS) is 20.5. The molecule has 3 unspecified atom stereocenters. The molecule has 0 N–H and O–H groups in total. The van der Waals surface area contributed by atoms with Crippen LogP contribution in [-0.2, 0) is 42.9 Å². The maximum Gasteiger partial charge on any atom is 0.303 e. The number of nitrogens with zero attached hydrogens (tertiary/aromatic N) is 1. The Morgan fingerprint density at radius 2 is 1.38 bits per heavy atom. The molecule has 4 rings (SSSR count). The SMILES string of the molecule is CCCCOc1cc(-c2ccc([C@@H]3OC(COC(C)=O)[C@@H](OC(C)=O)C(OC(C)=O)C3OC(C)=O)cc2)ccc1/C=N/c1ccccc1. The summed E-state index contributed by atoms with van der Waals surface area (Å²) in [5, 5.41) is 0. The third kappa shape index (κ3) is 9.98. The van der Waals surface area contributed by atoms with Crippen molar-refractivity contribution in [3.8, 4) is 16.9 Å². The van der Waals surface area contributed by atoms with Gasteiger partial charge in [-0.2, -0.15) is 0 Å². The highest BCUT2D eigenvalue weighted by Crippen LogP contribution is 2.38. The number of carbonyl (C=O) groups is 4. The molecule has 0 aliphatic carbocycles. The quantitative estimate of drug-likeness (QED) is 0.0919. The first kappa shape index (κ1) is 35.8. The number of carbonyl (C=O) groups excluding carboxylic acids is 4. The van der Waals surface area contributed by atoms with Crippen LogP contribution < -0.4 is 4.74 Å². The number of rotatable bonds is 13. The van der Waals surface area contributed by atoms with Gasteiger partial charge < -0.3 is 28.4 Å². The number of ether oxygens (including phenoxy) is 6. The number of hydrogen-bond donors (Lipinski definition) is 0. The van der Waals surface area contributed by atoms with Crippen LogP contribution in [0.4, 0.5) is 5.69 Å². The van der Waals surface area contributed by atoms with E-state index in [4.69, 9.17) is 28.4 Å². The first-order chi connectivity index (χ1) is 23.0. The topological polar surface area (TPSA) is 136 Å². The summed E-state index contributed by atoms with van der Waals surface area (Å²) in [6, 6.07) is 22.9. The van der Waals surface area contributed by atoms with Gasteiger partial charge >= 0.3 is 23.9 Å². The van der Waals surface area contributed by atoms with Crippen LogP contribution in [0.2, 0.25) is 0 Å². The van der Waals surface area contributed by atoms with E-state index in [0.29, 0.717) is 17.9 Å². The molecule has 0 radical (unpaired) electrons. The van der Waals surface area contributed by atoms with Gasteiger partial charge in [0.05, 0.1) is 12.3 Å². The molecule has 1 aliphatic heterocycles. The minimum atomic E-state index is -1.25. The lowest BCUT2D eigenvalue weighted by Crippen LogP contribution is -2.59. The zero-order chi connectivity index (χ0) is 34.6. The van der Waals surface area contributed by atoms with Gasteiger partial charge in [0, 0.05) is 39.5 Å². The summed E-state index contributed by atoms with van der Waals surface area (Å²) in [4.78, 5) is 52.8. The third-order valence-electron chi connectivity index (χ3n) is 7.44. The molecule has 11 heteroatoms. The highest BCUT2D eigenvalue weighted by Gasteiger charge is 2.52. The fourth-order valence-corrected chi connectivity index (χ4v) is 5.29. The molecule has 0 saturated carbocycles. The number of benzene rings is 3. The Labute approximate surface area is 280 Å². The highest BCUT2D eigenvalue weighted by atomic mass is 16.7. The maximum atomic E-state index is 12.2. The van der Waals surface area contributed by atoms with Gasteiger partial charge in [-0.25, -0.2) is 0 Å². The van der Waals surface area contributed by atoms with E-state index >= 15 is 0 Å². The standard InChI is InChI=1S/C37H41NO10/c1-6-7-19-43-32-20-29(17-18-30(32)21-38-31-11-9-8-10-12-31)27-13-15-28(16-14-27)34-36(46-25(4)41)37(47-26(5)42)35(45-24(3)40)33(48-34)22-44-23(2)39/h8-18,20-21,33-37H,6-7,19,22H2,1-5H3/b38-21+/t33?,34-,35+,36?,37?/m0/s1. The van der Waals surface area contributed by atoms with Crippen LogP contribution in [-0.4, -0.2) is 67.7 Å². The number of esters is 4. The highest BCUT2D eigenvalue weighted by molar-refractivity contribution is 5.87. The minimum Gasteiger partial charge on any atom is -0.493 e.